The molecule has 0 saturated carbocycles. The summed E-state index contributed by atoms with van der Waals surface area (Å²) in [5, 5.41) is 3.93. The second-order valence-electron chi connectivity index (χ2n) is 5.63. The van der Waals surface area contributed by atoms with Crippen molar-refractivity contribution in [1.82, 2.24) is 4.90 Å². The fourth-order valence-corrected chi connectivity index (χ4v) is 3.49. The second kappa shape index (κ2) is 8.08. The van der Waals surface area contributed by atoms with Crippen molar-refractivity contribution in [3.05, 3.63) is 46.3 Å². The van der Waals surface area contributed by atoms with Gasteiger partial charge in [0.2, 0.25) is 0 Å². The van der Waals surface area contributed by atoms with E-state index in [1.54, 1.807) is 13.8 Å². The van der Waals surface area contributed by atoms with Crippen LogP contribution >= 0.6 is 11.3 Å². The zero-order chi connectivity index (χ0) is 17.7. The molecule has 0 radical (unpaired) electrons. The van der Waals surface area contributed by atoms with Gasteiger partial charge in [-0.25, -0.2) is 4.79 Å². The first-order chi connectivity index (χ1) is 11.4. The van der Waals surface area contributed by atoms with Crippen molar-refractivity contribution in [3.63, 3.8) is 0 Å². The van der Waals surface area contributed by atoms with E-state index in [1.807, 2.05) is 49.3 Å². The van der Waals surface area contributed by atoms with Crippen molar-refractivity contribution < 1.29 is 14.3 Å². The Morgan fingerprint density at radius 1 is 1.21 bits per heavy atom. The zero-order valence-electron chi connectivity index (χ0n) is 14.4. The van der Waals surface area contributed by atoms with E-state index in [0.29, 0.717) is 27.6 Å². The van der Waals surface area contributed by atoms with Crippen LogP contribution in [0.1, 0.15) is 32.5 Å². The maximum atomic E-state index is 12.7. The Labute approximate surface area is 146 Å². The van der Waals surface area contributed by atoms with E-state index in [-0.39, 0.29) is 18.3 Å². The van der Waals surface area contributed by atoms with Gasteiger partial charge in [-0.2, -0.15) is 0 Å². The van der Waals surface area contributed by atoms with Gasteiger partial charge >= 0.3 is 5.97 Å². The molecule has 5 nitrogen and oxygen atoms in total. The number of likely N-dealkylation sites (N-methyl/N-ethyl adjacent to an activating group) is 1. The summed E-state index contributed by atoms with van der Waals surface area (Å²) in [7, 11) is 3.69. The van der Waals surface area contributed by atoms with Crippen molar-refractivity contribution in [2.45, 2.75) is 13.8 Å². The quantitative estimate of drug-likeness (QED) is 0.612. The molecule has 0 aliphatic carbocycles. The third kappa shape index (κ3) is 4.21. The van der Waals surface area contributed by atoms with E-state index < -0.39 is 0 Å². The van der Waals surface area contributed by atoms with Gasteiger partial charge in [0.15, 0.2) is 5.78 Å². The summed E-state index contributed by atoms with van der Waals surface area (Å²) in [6.45, 7) is 4.14. The third-order valence-corrected chi connectivity index (χ3v) is 4.57. The Hall–Kier alpha value is -2.18. The molecule has 0 amide bonds. The highest BCUT2D eigenvalue weighted by Gasteiger charge is 2.25. The number of carbonyl (C=O) groups excluding carboxylic acids is 2. The summed E-state index contributed by atoms with van der Waals surface area (Å²) < 4.78 is 5.11. The van der Waals surface area contributed by atoms with Crippen LogP contribution in [-0.4, -0.2) is 43.9 Å². The standard InChI is InChI=1S/C18H22N2O3S/c1-5-23-18(22)16-12(2)15(14(21)11-20(3)4)17(24-16)19-13-9-7-6-8-10-13/h6-10,19H,5,11H2,1-4H3. The fraction of sp³-hybridized carbons (Fsp3) is 0.333. The number of ether oxygens (including phenoxy) is 1. The zero-order valence-corrected chi connectivity index (χ0v) is 15.2. The highest BCUT2D eigenvalue weighted by atomic mass is 32.1. The van der Waals surface area contributed by atoms with E-state index in [1.165, 1.54) is 11.3 Å². The van der Waals surface area contributed by atoms with E-state index in [9.17, 15) is 9.59 Å². The van der Waals surface area contributed by atoms with Crippen molar-refractivity contribution >= 4 is 33.8 Å². The first-order valence-corrected chi connectivity index (χ1v) is 8.56. The van der Waals surface area contributed by atoms with Gasteiger partial charge < -0.3 is 15.0 Å². The lowest BCUT2D eigenvalue weighted by Gasteiger charge is -2.11. The van der Waals surface area contributed by atoms with Crippen LogP contribution in [0.5, 0.6) is 0 Å². The summed E-state index contributed by atoms with van der Waals surface area (Å²) in [5.74, 6) is -0.414. The molecule has 2 aromatic rings. The summed E-state index contributed by atoms with van der Waals surface area (Å²) in [5.41, 5.74) is 2.09. The van der Waals surface area contributed by atoms with Crippen molar-refractivity contribution in [3.8, 4) is 0 Å². The molecule has 0 aliphatic heterocycles. The maximum absolute atomic E-state index is 12.7. The highest BCUT2D eigenvalue weighted by Crippen LogP contribution is 2.36. The van der Waals surface area contributed by atoms with Crippen LogP contribution in [0.2, 0.25) is 0 Å². The number of anilines is 2. The minimum atomic E-state index is -0.389. The summed E-state index contributed by atoms with van der Waals surface area (Å²) >= 11 is 1.26. The number of esters is 1. The molecule has 0 spiro atoms. The molecular formula is C18H22N2O3S. The van der Waals surface area contributed by atoms with Crippen LogP contribution in [0.25, 0.3) is 0 Å². The molecule has 24 heavy (non-hydrogen) atoms. The Morgan fingerprint density at radius 3 is 2.46 bits per heavy atom. The van der Waals surface area contributed by atoms with Gasteiger partial charge in [0.05, 0.1) is 18.7 Å². The molecule has 128 valence electrons. The number of ketones is 1. The smallest absolute Gasteiger partial charge is 0.348 e. The van der Waals surface area contributed by atoms with Gasteiger partial charge in [-0.05, 0) is 45.6 Å². The number of benzene rings is 1. The molecule has 1 aromatic heterocycles. The third-order valence-electron chi connectivity index (χ3n) is 3.38. The molecule has 0 atom stereocenters. The number of nitrogens with one attached hydrogen (secondary N) is 1. The van der Waals surface area contributed by atoms with Crippen molar-refractivity contribution in [1.29, 1.82) is 0 Å². The van der Waals surface area contributed by atoms with Gasteiger partial charge in [-0.1, -0.05) is 18.2 Å². The Bertz CT molecular complexity index is 723. The number of thiophene rings is 1. The van der Waals surface area contributed by atoms with Crippen LogP contribution in [0.15, 0.2) is 30.3 Å². The average molecular weight is 346 g/mol. The monoisotopic (exact) mass is 346 g/mol. The minimum Gasteiger partial charge on any atom is -0.462 e. The largest absolute Gasteiger partial charge is 0.462 e. The SMILES string of the molecule is CCOC(=O)c1sc(Nc2ccccc2)c(C(=O)CN(C)C)c1C. The molecule has 0 saturated heterocycles. The van der Waals surface area contributed by atoms with Crippen LogP contribution in [-0.2, 0) is 4.74 Å². The number of rotatable bonds is 7. The van der Waals surface area contributed by atoms with Crippen LogP contribution in [0.3, 0.4) is 0 Å². The number of carbonyl (C=O) groups is 2. The second-order valence-corrected chi connectivity index (χ2v) is 6.65. The Morgan fingerprint density at radius 2 is 1.88 bits per heavy atom. The van der Waals surface area contributed by atoms with Gasteiger partial charge in [0, 0.05) is 5.69 Å². The fourth-order valence-electron chi connectivity index (χ4n) is 2.35. The molecule has 2 rings (SSSR count). The first kappa shape index (κ1) is 18.2. The molecule has 1 aromatic carbocycles. The molecule has 0 aliphatic rings. The molecule has 0 fully saturated rings. The van der Waals surface area contributed by atoms with Crippen molar-refractivity contribution in [2.75, 3.05) is 32.6 Å². The molecule has 1 N–H and O–H groups in total. The lowest BCUT2D eigenvalue weighted by atomic mass is 10.1. The topological polar surface area (TPSA) is 58.6 Å². The van der Waals surface area contributed by atoms with E-state index >= 15 is 0 Å². The lowest BCUT2D eigenvalue weighted by molar-refractivity contribution is 0.0531. The van der Waals surface area contributed by atoms with Gasteiger partial charge in [-0.15, -0.1) is 11.3 Å². The average Bonchev–Trinajstić information content (AvgIpc) is 2.84. The number of hydrogen-bond acceptors (Lipinski definition) is 6. The summed E-state index contributed by atoms with van der Waals surface area (Å²) in [6.07, 6.45) is 0. The van der Waals surface area contributed by atoms with Crippen LogP contribution in [0.4, 0.5) is 10.7 Å². The van der Waals surface area contributed by atoms with E-state index in [0.717, 1.165) is 5.69 Å². The Balaban J connectivity index is 2.44. The van der Waals surface area contributed by atoms with Gasteiger partial charge in [-0.3, -0.25) is 4.79 Å². The summed E-state index contributed by atoms with van der Waals surface area (Å²) in [6, 6.07) is 9.58. The van der Waals surface area contributed by atoms with Gasteiger partial charge in [0.1, 0.15) is 9.88 Å². The predicted molar refractivity (Wildman–Crippen MR) is 97.6 cm³/mol. The number of para-hydroxylation sites is 1. The van der Waals surface area contributed by atoms with Crippen LogP contribution < -0.4 is 5.32 Å². The number of Topliss-reactive ketones (excluding diaryl/α,β-unsaturated/α-hetero) is 1. The first-order valence-electron chi connectivity index (χ1n) is 7.74. The normalized spacial score (nSPS) is 10.7. The maximum Gasteiger partial charge on any atom is 0.348 e. The molecule has 0 bridgehead atoms. The predicted octanol–water partition coefficient (Wildman–Crippen LogP) is 3.72. The minimum absolute atomic E-state index is 0.0253. The highest BCUT2D eigenvalue weighted by molar-refractivity contribution is 7.18. The molecule has 1 heterocycles. The van der Waals surface area contributed by atoms with Gasteiger partial charge in [0.25, 0.3) is 0 Å². The number of hydrogen-bond donors (Lipinski definition) is 1. The molecular weight excluding hydrogens is 324 g/mol. The number of nitrogens with zero attached hydrogens (tertiary/aromatic N) is 1. The summed E-state index contributed by atoms with van der Waals surface area (Å²) in [4.78, 5) is 27.1. The molecule has 0 unspecified atom stereocenters. The lowest BCUT2D eigenvalue weighted by Crippen LogP contribution is -2.22. The Kier molecular flexibility index (Phi) is 6.11. The van der Waals surface area contributed by atoms with Crippen LogP contribution in [0, 0.1) is 6.92 Å². The van der Waals surface area contributed by atoms with E-state index in [4.69, 9.17) is 4.74 Å². The van der Waals surface area contributed by atoms with E-state index in [2.05, 4.69) is 5.32 Å². The molecule has 6 heteroatoms. The van der Waals surface area contributed by atoms with Crippen molar-refractivity contribution in [2.24, 2.45) is 0 Å².